The number of hydrogen-bond donors (Lipinski definition) is 0. The van der Waals surface area contributed by atoms with Gasteiger partial charge in [-0.05, 0) is 18.1 Å². The predicted molar refractivity (Wildman–Crippen MR) is 71.1 cm³/mol. The number of ether oxygens (including phenoxy) is 1. The molecule has 98 valence electrons. The number of alkyl halides is 1. The van der Waals surface area contributed by atoms with E-state index in [1.807, 2.05) is 0 Å². The van der Waals surface area contributed by atoms with E-state index in [-0.39, 0.29) is 23.7 Å². The molecule has 1 aromatic carbocycles. The van der Waals surface area contributed by atoms with Crippen LogP contribution in [0.2, 0.25) is 5.02 Å². The normalized spacial score (nSPS) is 10.2. The van der Waals surface area contributed by atoms with Gasteiger partial charge in [-0.15, -0.1) is 0 Å². The van der Waals surface area contributed by atoms with Crippen molar-refractivity contribution in [1.29, 1.82) is 0 Å². The third kappa shape index (κ3) is 3.68. The standard InChI is InChI=1S/C11H11BrClNO4/c1-2-18-11(15)5-9-7(6-12)3-8(14(16)17)4-10(9)13/h3-4H,2,5-6H2,1H3. The van der Waals surface area contributed by atoms with E-state index in [2.05, 4.69) is 15.9 Å². The van der Waals surface area contributed by atoms with Crippen LogP contribution in [0.5, 0.6) is 0 Å². The second kappa shape index (κ2) is 6.70. The fourth-order valence-electron chi connectivity index (χ4n) is 1.46. The predicted octanol–water partition coefficient (Wildman–Crippen LogP) is 3.25. The van der Waals surface area contributed by atoms with Gasteiger partial charge in [0.1, 0.15) is 0 Å². The lowest BCUT2D eigenvalue weighted by molar-refractivity contribution is -0.384. The van der Waals surface area contributed by atoms with E-state index in [1.165, 1.54) is 12.1 Å². The van der Waals surface area contributed by atoms with Gasteiger partial charge in [0.25, 0.3) is 5.69 Å². The number of carbonyl (C=O) groups excluding carboxylic acids is 1. The summed E-state index contributed by atoms with van der Waals surface area (Å²) in [4.78, 5) is 21.6. The van der Waals surface area contributed by atoms with Gasteiger partial charge >= 0.3 is 5.97 Å². The highest BCUT2D eigenvalue weighted by atomic mass is 79.9. The van der Waals surface area contributed by atoms with E-state index >= 15 is 0 Å². The first kappa shape index (κ1) is 14.9. The Morgan fingerprint density at radius 2 is 2.22 bits per heavy atom. The molecule has 5 nitrogen and oxygen atoms in total. The Bertz CT molecular complexity index is 478. The zero-order valence-corrected chi connectivity index (χ0v) is 12.0. The molecule has 7 heteroatoms. The first-order valence-corrected chi connectivity index (χ1v) is 6.66. The molecule has 1 aromatic rings. The zero-order valence-electron chi connectivity index (χ0n) is 9.61. The molecule has 0 bridgehead atoms. The van der Waals surface area contributed by atoms with Crippen molar-refractivity contribution in [2.75, 3.05) is 6.61 Å². The average molecular weight is 337 g/mol. The first-order valence-electron chi connectivity index (χ1n) is 5.16. The fourth-order valence-corrected chi connectivity index (χ4v) is 2.26. The van der Waals surface area contributed by atoms with Crippen molar-refractivity contribution >= 4 is 39.2 Å². The number of rotatable bonds is 5. The van der Waals surface area contributed by atoms with Crippen LogP contribution in [0, 0.1) is 10.1 Å². The highest BCUT2D eigenvalue weighted by Crippen LogP contribution is 2.28. The van der Waals surface area contributed by atoms with Gasteiger partial charge in [0.15, 0.2) is 0 Å². The highest BCUT2D eigenvalue weighted by molar-refractivity contribution is 9.08. The molecular formula is C11H11BrClNO4. The summed E-state index contributed by atoms with van der Waals surface area (Å²) in [5.74, 6) is -0.407. The summed E-state index contributed by atoms with van der Waals surface area (Å²) >= 11 is 9.19. The van der Waals surface area contributed by atoms with Crippen LogP contribution in [0.1, 0.15) is 18.1 Å². The fraction of sp³-hybridized carbons (Fsp3) is 0.364. The third-order valence-corrected chi connectivity index (χ3v) is 3.20. The molecule has 0 spiro atoms. The molecule has 0 saturated carbocycles. The molecule has 1 rings (SSSR count). The number of nitro groups is 1. The molecule has 0 aliphatic carbocycles. The van der Waals surface area contributed by atoms with E-state index in [4.69, 9.17) is 16.3 Å². The molecule has 0 radical (unpaired) electrons. The number of hydrogen-bond acceptors (Lipinski definition) is 4. The van der Waals surface area contributed by atoms with Crippen LogP contribution >= 0.6 is 27.5 Å². The lowest BCUT2D eigenvalue weighted by atomic mass is 10.0. The minimum atomic E-state index is -0.522. The van der Waals surface area contributed by atoms with Crippen LogP contribution in [-0.2, 0) is 21.3 Å². The lowest BCUT2D eigenvalue weighted by Crippen LogP contribution is -2.10. The van der Waals surface area contributed by atoms with Crippen molar-refractivity contribution in [2.45, 2.75) is 18.7 Å². The second-order valence-corrected chi connectivity index (χ2v) is 4.41. The van der Waals surface area contributed by atoms with Crippen molar-refractivity contribution < 1.29 is 14.5 Å². The first-order chi connectivity index (χ1) is 8.49. The molecule has 0 aliphatic heterocycles. The molecule has 0 fully saturated rings. The van der Waals surface area contributed by atoms with Gasteiger partial charge in [0.2, 0.25) is 0 Å². The van der Waals surface area contributed by atoms with Crippen LogP contribution in [0.4, 0.5) is 5.69 Å². The molecule has 18 heavy (non-hydrogen) atoms. The van der Waals surface area contributed by atoms with Crippen molar-refractivity contribution in [3.05, 3.63) is 38.4 Å². The van der Waals surface area contributed by atoms with Gasteiger partial charge in [-0.25, -0.2) is 0 Å². The summed E-state index contributed by atoms with van der Waals surface area (Å²) in [7, 11) is 0. The van der Waals surface area contributed by atoms with Gasteiger partial charge in [-0.2, -0.15) is 0 Å². The maximum absolute atomic E-state index is 11.4. The van der Waals surface area contributed by atoms with Crippen molar-refractivity contribution in [3.8, 4) is 0 Å². The molecule has 0 aliphatic rings. The highest BCUT2D eigenvalue weighted by Gasteiger charge is 2.17. The van der Waals surface area contributed by atoms with E-state index < -0.39 is 10.9 Å². The number of esters is 1. The average Bonchev–Trinajstić information content (AvgIpc) is 2.31. The van der Waals surface area contributed by atoms with E-state index in [9.17, 15) is 14.9 Å². The summed E-state index contributed by atoms with van der Waals surface area (Å²) in [5.41, 5.74) is 1.07. The number of carbonyl (C=O) groups is 1. The van der Waals surface area contributed by atoms with Gasteiger partial charge in [-0.3, -0.25) is 14.9 Å². The number of benzene rings is 1. The summed E-state index contributed by atoms with van der Waals surface area (Å²) in [6.07, 6.45) is 0.00556. The van der Waals surface area contributed by atoms with Gasteiger partial charge in [-0.1, -0.05) is 27.5 Å². The smallest absolute Gasteiger partial charge is 0.310 e. The van der Waals surface area contributed by atoms with Crippen LogP contribution < -0.4 is 0 Å². The Morgan fingerprint density at radius 1 is 1.56 bits per heavy atom. The second-order valence-electron chi connectivity index (χ2n) is 3.44. The molecule has 0 N–H and O–H groups in total. The summed E-state index contributed by atoms with van der Waals surface area (Å²) in [6, 6.07) is 2.64. The molecule has 0 amide bonds. The van der Waals surface area contributed by atoms with Crippen molar-refractivity contribution in [1.82, 2.24) is 0 Å². The van der Waals surface area contributed by atoms with E-state index in [1.54, 1.807) is 6.92 Å². The summed E-state index contributed by atoms with van der Waals surface area (Å²) in [5, 5.41) is 11.3. The van der Waals surface area contributed by atoms with Crippen LogP contribution in [-0.4, -0.2) is 17.5 Å². The SMILES string of the molecule is CCOC(=O)Cc1c(Cl)cc([N+](=O)[O-])cc1CBr. The number of nitro benzene ring substituents is 1. The maximum Gasteiger partial charge on any atom is 0.310 e. The third-order valence-electron chi connectivity index (χ3n) is 2.25. The minimum absolute atomic E-state index is 0.00556. The van der Waals surface area contributed by atoms with Crippen LogP contribution in [0.25, 0.3) is 0 Å². The summed E-state index contributed by atoms with van der Waals surface area (Å²) < 4.78 is 4.83. The van der Waals surface area contributed by atoms with Gasteiger partial charge in [0, 0.05) is 17.5 Å². The Kier molecular flexibility index (Phi) is 5.55. The molecule has 0 unspecified atom stereocenters. The topological polar surface area (TPSA) is 69.4 Å². The Balaban J connectivity index is 3.11. The molecule has 0 saturated heterocycles. The lowest BCUT2D eigenvalue weighted by Gasteiger charge is -2.09. The van der Waals surface area contributed by atoms with Crippen molar-refractivity contribution in [3.63, 3.8) is 0 Å². The maximum atomic E-state index is 11.4. The number of halogens is 2. The Morgan fingerprint density at radius 3 is 2.72 bits per heavy atom. The van der Waals surface area contributed by atoms with Gasteiger partial charge < -0.3 is 4.74 Å². The van der Waals surface area contributed by atoms with Crippen LogP contribution in [0.3, 0.4) is 0 Å². The Hall–Kier alpha value is -1.14. The molecule has 0 atom stereocenters. The van der Waals surface area contributed by atoms with E-state index in [0.29, 0.717) is 16.5 Å². The van der Waals surface area contributed by atoms with E-state index in [0.717, 1.165) is 0 Å². The zero-order chi connectivity index (χ0) is 13.7. The minimum Gasteiger partial charge on any atom is -0.466 e. The largest absolute Gasteiger partial charge is 0.466 e. The monoisotopic (exact) mass is 335 g/mol. The molecule has 0 heterocycles. The van der Waals surface area contributed by atoms with Crippen molar-refractivity contribution in [2.24, 2.45) is 0 Å². The summed E-state index contributed by atoms with van der Waals surface area (Å²) in [6.45, 7) is 1.99. The van der Waals surface area contributed by atoms with Gasteiger partial charge in [0.05, 0.1) is 23.0 Å². The molecular weight excluding hydrogens is 325 g/mol. The number of non-ortho nitro benzene ring substituents is 1. The Labute approximate surface area is 117 Å². The van der Waals surface area contributed by atoms with Crippen LogP contribution in [0.15, 0.2) is 12.1 Å². The molecule has 0 aromatic heterocycles. The quantitative estimate of drug-likeness (QED) is 0.358. The number of nitrogens with zero attached hydrogens (tertiary/aromatic N) is 1.